The highest BCUT2D eigenvalue weighted by atomic mass is 16.2. The molecule has 18 heavy (non-hydrogen) atoms. The first kappa shape index (κ1) is 13.4. The Balaban J connectivity index is 1.67. The van der Waals surface area contributed by atoms with Crippen molar-refractivity contribution in [1.82, 2.24) is 9.80 Å². The van der Waals surface area contributed by atoms with Crippen molar-refractivity contribution in [1.29, 1.82) is 5.26 Å². The summed E-state index contributed by atoms with van der Waals surface area (Å²) in [6, 6.07) is 2.83. The molecule has 0 spiro atoms. The lowest BCUT2D eigenvalue weighted by molar-refractivity contribution is -0.130. The minimum atomic E-state index is 0.173. The van der Waals surface area contributed by atoms with Crippen LogP contribution in [-0.2, 0) is 4.79 Å². The Hall–Kier alpha value is -1.08. The van der Waals surface area contributed by atoms with Gasteiger partial charge in [0.2, 0.25) is 5.91 Å². The van der Waals surface area contributed by atoms with E-state index in [9.17, 15) is 4.79 Å². The fourth-order valence-electron chi connectivity index (χ4n) is 2.27. The second-order valence-corrected chi connectivity index (χ2v) is 5.64. The van der Waals surface area contributed by atoms with Crippen LogP contribution >= 0.6 is 0 Å². The molecule has 2 rings (SSSR count). The fourth-order valence-corrected chi connectivity index (χ4v) is 2.27. The van der Waals surface area contributed by atoms with Crippen molar-refractivity contribution in [2.24, 2.45) is 5.92 Å². The van der Waals surface area contributed by atoms with Crippen LogP contribution in [0.1, 0.15) is 38.5 Å². The molecule has 0 atom stereocenters. The van der Waals surface area contributed by atoms with Crippen molar-refractivity contribution in [3.63, 3.8) is 0 Å². The summed E-state index contributed by atoms with van der Waals surface area (Å²) in [7, 11) is 1.79. The zero-order valence-corrected chi connectivity index (χ0v) is 11.3. The van der Waals surface area contributed by atoms with E-state index in [0.29, 0.717) is 19.4 Å². The van der Waals surface area contributed by atoms with Gasteiger partial charge in [-0.05, 0) is 31.6 Å². The molecule has 2 saturated carbocycles. The van der Waals surface area contributed by atoms with Gasteiger partial charge in [0, 0.05) is 39.1 Å². The number of hydrogen-bond acceptors (Lipinski definition) is 3. The lowest BCUT2D eigenvalue weighted by atomic mass is 10.3. The van der Waals surface area contributed by atoms with E-state index in [1.165, 1.54) is 32.2 Å². The zero-order chi connectivity index (χ0) is 13.0. The Labute approximate surface area is 110 Å². The summed E-state index contributed by atoms with van der Waals surface area (Å²) in [4.78, 5) is 16.1. The Morgan fingerprint density at radius 1 is 1.28 bits per heavy atom. The molecular weight excluding hydrogens is 226 g/mol. The van der Waals surface area contributed by atoms with Crippen molar-refractivity contribution >= 4 is 5.91 Å². The molecule has 0 saturated heterocycles. The second kappa shape index (κ2) is 6.19. The maximum absolute atomic E-state index is 11.9. The minimum absolute atomic E-state index is 0.173. The number of hydrogen-bond donors (Lipinski definition) is 0. The van der Waals surface area contributed by atoms with Crippen molar-refractivity contribution in [3.8, 4) is 6.07 Å². The molecular formula is C14H23N3O. The maximum Gasteiger partial charge on any atom is 0.223 e. The number of nitrogens with zero attached hydrogens (tertiary/aromatic N) is 3. The third kappa shape index (κ3) is 4.30. The Bertz CT molecular complexity index is 328. The van der Waals surface area contributed by atoms with E-state index in [4.69, 9.17) is 5.26 Å². The predicted octanol–water partition coefficient (Wildman–Crippen LogP) is 1.62. The fraction of sp³-hybridized carbons (Fsp3) is 0.857. The van der Waals surface area contributed by atoms with Gasteiger partial charge in [-0.3, -0.25) is 9.69 Å². The number of carbonyl (C=O) groups excluding carboxylic acids is 1. The largest absolute Gasteiger partial charge is 0.345 e. The quantitative estimate of drug-likeness (QED) is 0.657. The van der Waals surface area contributed by atoms with Gasteiger partial charge in [0.25, 0.3) is 0 Å². The van der Waals surface area contributed by atoms with Gasteiger partial charge in [0.15, 0.2) is 0 Å². The molecule has 0 bridgehead atoms. The van der Waals surface area contributed by atoms with Gasteiger partial charge in [-0.15, -0.1) is 0 Å². The SMILES string of the molecule is CN(CCC#N)C(=O)CCN(CC1CC1)C1CC1. The van der Waals surface area contributed by atoms with E-state index in [1.807, 2.05) is 0 Å². The number of nitriles is 1. The predicted molar refractivity (Wildman–Crippen MR) is 69.8 cm³/mol. The summed E-state index contributed by atoms with van der Waals surface area (Å²) in [5, 5.41) is 8.51. The van der Waals surface area contributed by atoms with E-state index < -0.39 is 0 Å². The van der Waals surface area contributed by atoms with Gasteiger partial charge in [-0.1, -0.05) is 0 Å². The van der Waals surface area contributed by atoms with E-state index >= 15 is 0 Å². The first-order chi connectivity index (χ1) is 8.70. The molecule has 0 aliphatic heterocycles. The number of carbonyl (C=O) groups is 1. The summed E-state index contributed by atoms with van der Waals surface area (Å²) in [6.07, 6.45) is 6.40. The van der Waals surface area contributed by atoms with Crippen LogP contribution in [0.4, 0.5) is 0 Å². The average Bonchev–Trinajstić information content (AvgIpc) is 3.22. The lowest BCUT2D eigenvalue weighted by Crippen LogP contribution is -2.34. The van der Waals surface area contributed by atoms with Gasteiger partial charge in [-0.2, -0.15) is 5.26 Å². The molecule has 2 aliphatic carbocycles. The smallest absolute Gasteiger partial charge is 0.223 e. The third-order valence-electron chi connectivity index (χ3n) is 3.85. The summed E-state index contributed by atoms with van der Waals surface area (Å²) in [6.45, 7) is 2.65. The average molecular weight is 249 g/mol. The molecule has 0 aromatic rings. The van der Waals surface area contributed by atoms with Crippen molar-refractivity contribution in [2.75, 3.05) is 26.7 Å². The highest BCUT2D eigenvalue weighted by Gasteiger charge is 2.33. The van der Waals surface area contributed by atoms with Crippen LogP contribution < -0.4 is 0 Å². The van der Waals surface area contributed by atoms with Crippen molar-refractivity contribution < 1.29 is 4.79 Å². The highest BCUT2D eigenvalue weighted by Crippen LogP contribution is 2.34. The molecule has 2 fully saturated rings. The van der Waals surface area contributed by atoms with Gasteiger partial charge in [0.1, 0.15) is 0 Å². The van der Waals surface area contributed by atoms with Gasteiger partial charge >= 0.3 is 0 Å². The van der Waals surface area contributed by atoms with Crippen LogP contribution in [0.3, 0.4) is 0 Å². The van der Waals surface area contributed by atoms with Crippen molar-refractivity contribution in [3.05, 3.63) is 0 Å². The molecule has 0 unspecified atom stereocenters. The van der Waals surface area contributed by atoms with Gasteiger partial charge in [-0.25, -0.2) is 0 Å². The number of amides is 1. The maximum atomic E-state index is 11.9. The van der Waals surface area contributed by atoms with Crippen LogP contribution in [0.25, 0.3) is 0 Å². The van der Waals surface area contributed by atoms with E-state index in [-0.39, 0.29) is 5.91 Å². The summed E-state index contributed by atoms with van der Waals surface area (Å²) in [5.41, 5.74) is 0. The zero-order valence-electron chi connectivity index (χ0n) is 11.3. The summed E-state index contributed by atoms with van der Waals surface area (Å²) < 4.78 is 0. The van der Waals surface area contributed by atoms with Crippen LogP contribution in [-0.4, -0.2) is 48.4 Å². The first-order valence-electron chi connectivity index (χ1n) is 7.05. The highest BCUT2D eigenvalue weighted by molar-refractivity contribution is 5.76. The van der Waals surface area contributed by atoms with Crippen LogP contribution in [0.2, 0.25) is 0 Å². The monoisotopic (exact) mass is 249 g/mol. The standard InChI is InChI=1S/C14H23N3O/c1-16(9-2-8-15)14(18)7-10-17(13-5-6-13)11-12-3-4-12/h12-13H,2-7,9-11H2,1H3. The van der Waals surface area contributed by atoms with Crippen LogP contribution in [0, 0.1) is 17.2 Å². The van der Waals surface area contributed by atoms with Crippen LogP contribution in [0.5, 0.6) is 0 Å². The molecule has 0 aromatic carbocycles. The molecule has 4 heteroatoms. The van der Waals surface area contributed by atoms with Crippen molar-refractivity contribution in [2.45, 2.75) is 44.6 Å². The second-order valence-electron chi connectivity index (χ2n) is 5.64. The van der Waals surface area contributed by atoms with E-state index in [1.54, 1.807) is 11.9 Å². The normalized spacial score (nSPS) is 18.7. The van der Waals surface area contributed by atoms with Crippen LogP contribution in [0.15, 0.2) is 0 Å². The molecule has 2 aliphatic rings. The molecule has 0 N–H and O–H groups in total. The third-order valence-corrected chi connectivity index (χ3v) is 3.85. The Kier molecular flexibility index (Phi) is 4.60. The Morgan fingerprint density at radius 3 is 2.56 bits per heavy atom. The molecule has 4 nitrogen and oxygen atoms in total. The molecule has 0 aromatic heterocycles. The van der Waals surface area contributed by atoms with Gasteiger partial charge < -0.3 is 4.90 Å². The molecule has 0 heterocycles. The van der Waals surface area contributed by atoms with E-state index in [2.05, 4.69) is 11.0 Å². The molecule has 0 radical (unpaired) electrons. The summed E-state index contributed by atoms with van der Waals surface area (Å²) >= 11 is 0. The van der Waals surface area contributed by atoms with E-state index in [0.717, 1.165) is 18.5 Å². The van der Waals surface area contributed by atoms with Gasteiger partial charge in [0.05, 0.1) is 12.5 Å². The minimum Gasteiger partial charge on any atom is -0.345 e. The topological polar surface area (TPSA) is 47.3 Å². The molecule has 1 amide bonds. The number of rotatable bonds is 8. The first-order valence-corrected chi connectivity index (χ1v) is 7.05. The molecule has 100 valence electrons. The lowest BCUT2D eigenvalue weighted by Gasteiger charge is -2.23. The Morgan fingerprint density at radius 2 is 2.00 bits per heavy atom. The summed E-state index contributed by atoms with van der Waals surface area (Å²) in [5.74, 6) is 1.07.